The van der Waals surface area contributed by atoms with Gasteiger partial charge in [0.1, 0.15) is 0 Å². The largest absolute Gasteiger partial charge is 0.402 e. The zero-order valence-electron chi connectivity index (χ0n) is 52.3. The third kappa shape index (κ3) is 122. The highest BCUT2D eigenvalue weighted by atomic mass is 19.4. The average molecular weight is 1030 g/mol. The van der Waals surface area contributed by atoms with Gasteiger partial charge in [0.2, 0.25) is 0 Å². The molecule has 0 bridgehead atoms. The van der Waals surface area contributed by atoms with Gasteiger partial charge in [-0.2, -0.15) is 65.9 Å². The molecule has 0 saturated heterocycles. The van der Waals surface area contributed by atoms with Gasteiger partial charge >= 0.3 is 30.9 Å². The standard InChI is InChI=1S/C5H6F6.2C5H9F3.2C5H12.C4H7F3.5C4H10.C3H8/c1-3(2,4(6,7)8)5(9,10)11;1-4(2,3)5(6,7)8;1-3-4(2)5(6,7)8;1-4-5(2)3;1-3-5-4-2;1-3(2)4(5,6)7;3*1-4(2)3;2*1-3-4-2;1-3-2/h1-2H3;1-3H3;4H,3H2,1-2H3;5H,4H2,1-3H3;3-5H2,1-2H3;3H,1-2H3;3*4H,1-3H3;2*3-4H2,1-2H3;3H2,1-2H3/i;;;;;;2*4D;;3D2;;. The maximum absolute atomic E-state index is 11.6. The number of hydrogen-bond donors (Lipinski definition) is 0. The van der Waals surface area contributed by atoms with E-state index in [2.05, 4.69) is 83.1 Å². The average Bonchev–Trinajstić information content (AvgIpc) is 3.09. The molecule has 0 aliphatic carbocycles. The first-order valence-electron chi connectivity index (χ1n) is 25.8. The van der Waals surface area contributed by atoms with Gasteiger partial charge in [-0.25, -0.2) is 0 Å². The molecule has 0 saturated carbocycles. The summed E-state index contributed by atoms with van der Waals surface area (Å²) in [5.74, 6) is -1.13. The molecular weight excluding hydrogens is 910 g/mol. The van der Waals surface area contributed by atoms with Crippen molar-refractivity contribution in [2.75, 3.05) is 0 Å². The minimum atomic E-state index is -5.24. The van der Waals surface area contributed by atoms with Gasteiger partial charge in [0.25, 0.3) is 0 Å². The minimum absolute atomic E-state index is 0.104. The predicted molar refractivity (Wildman–Crippen MR) is 267 cm³/mol. The Balaban J connectivity index is -0.0000000543. The highest BCUT2D eigenvalue weighted by molar-refractivity contribution is 4.84. The summed E-state index contributed by atoms with van der Waals surface area (Å²) < 4.78 is 200. The molecule has 0 heterocycles. The Labute approximate surface area is 413 Å². The van der Waals surface area contributed by atoms with Gasteiger partial charge < -0.3 is 0 Å². The zero-order chi connectivity index (χ0) is 61.7. The van der Waals surface area contributed by atoms with E-state index in [4.69, 9.17) is 5.48 Å². The first kappa shape index (κ1) is 82.8. The third-order valence-electron chi connectivity index (χ3n) is 6.47. The van der Waals surface area contributed by atoms with Gasteiger partial charge in [0, 0.05) is 11.4 Å². The summed E-state index contributed by atoms with van der Waals surface area (Å²) in [5, 5.41) is 0. The molecule has 0 N–H and O–H groups in total. The van der Waals surface area contributed by atoms with Crippen LogP contribution in [-0.2, 0) is 0 Å². The molecule has 0 fully saturated rings. The molecule has 0 nitrogen and oxygen atoms in total. The maximum Gasteiger partial charge on any atom is 0.402 e. The zero-order valence-corrected chi connectivity index (χ0v) is 48.3. The van der Waals surface area contributed by atoms with Crippen molar-refractivity contribution >= 4 is 0 Å². The molecule has 15 heteroatoms. The predicted octanol–water partition coefficient (Wildman–Crippen LogP) is 24.8. The van der Waals surface area contributed by atoms with Crippen LogP contribution in [0.15, 0.2) is 0 Å². The molecule has 0 amide bonds. The van der Waals surface area contributed by atoms with Crippen molar-refractivity contribution < 1.29 is 71.3 Å². The fourth-order valence-electron chi connectivity index (χ4n) is 0.746. The van der Waals surface area contributed by atoms with E-state index in [1.807, 2.05) is 48.5 Å². The second kappa shape index (κ2) is 55.9. The fraction of sp³-hybridized carbons (Fsp3) is 1.00. The summed E-state index contributed by atoms with van der Waals surface area (Å²) in [4.78, 5) is 0. The van der Waals surface area contributed by atoms with E-state index in [1.54, 1.807) is 6.92 Å². The van der Waals surface area contributed by atoms with Crippen LogP contribution in [0.1, 0.15) is 270 Å². The Morgan fingerprint density at radius 1 is 0.388 bits per heavy atom. The SMILES string of the molecule is CC(C)(C(F)(F)F)C(F)(F)F.CC(C)(C)C(F)(F)F.CC(C)C.CC(C)C(F)(F)F.CCC.CCC(C)C.CCC(C)C(F)(F)F.CCCC.CCCCC.[2H]C(C)(C)C.[2H]C(C)(C)C.[2H]C([2H])(C)CC. The van der Waals surface area contributed by atoms with Crippen molar-refractivity contribution in [1.29, 1.82) is 0 Å². The van der Waals surface area contributed by atoms with Crippen molar-refractivity contribution in [1.82, 2.24) is 0 Å². The lowest BCUT2D eigenvalue weighted by Crippen LogP contribution is -2.44. The van der Waals surface area contributed by atoms with E-state index in [-0.39, 0.29) is 32.1 Å². The van der Waals surface area contributed by atoms with E-state index < -0.39 is 59.9 Å². The molecule has 426 valence electrons. The van der Waals surface area contributed by atoms with Crippen molar-refractivity contribution in [2.24, 2.45) is 46.3 Å². The van der Waals surface area contributed by atoms with Gasteiger partial charge in [-0.05, 0) is 43.9 Å². The number of unbranched alkanes of at least 4 members (excludes halogenated alkanes) is 3. The van der Waals surface area contributed by atoms with Crippen molar-refractivity contribution in [3.8, 4) is 0 Å². The Morgan fingerprint density at radius 2 is 0.567 bits per heavy atom. The lowest BCUT2D eigenvalue weighted by Gasteiger charge is -2.29. The second-order valence-electron chi connectivity index (χ2n) is 19.2. The minimum Gasteiger partial charge on any atom is -0.171 e. The Bertz CT molecular complexity index is 946. The van der Waals surface area contributed by atoms with Crippen LogP contribution in [0.4, 0.5) is 65.9 Å². The van der Waals surface area contributed by atoms with Crippen LogP contribution in [0.5, 0.6) is 0 Å². The van der Waals surface area contributed by atoms with Crippen LogP contribution in [0.3, 0.4) is 0 Å². The number of halogens is 15. The lowest BCUT2D eigenvalue weighted by molar-refractivity contribution is -0.327. The highest BCUT2D eigenvalue weighted by Crippen LogP contribution is 2.49. The Morgan fingerprint density at radius 3 is 0.567 bits per heavy atom. The van der Waals surface area contributed by atoms with Crippen molar-refractivity contribution in [3.63, 3.8) is 0 Å². The number of rotatable bonds is 6. The molecule has 0 rings (SSSR count). The van der Waals surface area contributed by atoms with Crippen LogP contribution in [0.2, 0.25) is 0 Å². The first-order valence-corrected chi connectivity index (χ1v) is 23.8. The summed E-state index contributed by atoms with van der Waals surface area (Å²) >= 11 is 0. The van der Waals surface area contributed by atoms with E-state index in [0.717, 1.165) is 46.5 Å². The third-order valence-corrected chi connectivity index (χ3v) is 6.47. The van der Waals surface area contributed by atoms with E-state index in [1.165, 1.54) is 58.8 Å². The summed E-state index contributed by atoms with van der Waals surface area (Å²) in [6.07, 6.45) is -13.5. The van der Waals surface area contributed by atoms with E-state index >= 15 is 0 Å². The quantitative estimate of drug-likeness (QED) is 0.233. The topological polar surface area (TPSA) is 0 Å². The Kier molecular flexibility index (Phi) is 69.1. The first-order chi connectivity index (χ1) is 30.5. The number of alkyl halides is 15. The second-order valence-corrected chi connectivity index (χ2v) is 19.2. The van der Waals surface area contributed by atoms with Crippen molar-refractivity contribution in [2.45, 2.75) is 296 Å². The summed E-state index contributed by atoms with van der Waals surface area (Å²) in [6, 6.07) is 0. The van der Waals surface area contributed by atoms with Crippen LogP contribution >= 0.6 is 0 Å². The molecule has 0 spiro atoms. The highest BCUT2D eigenvalue weighted by Gasteiger charge is 2.64. The van der Waals surface area contributed by atoms with Crippen molar-refractivity contribution in [3.05, 3.63) is 0 Å². The van der Waals surface area contributed by atoms with E-state index in [0.29, 0.717) is 6.42 Å². The van der Waals surface area contributed by atoms with Crippen LogP contribution in [-0.4, -0.2) is 30.9 Å². The molecule has 0 aromatic heterocycles. The fourth-order valence-corrected chi connectivity index (χ4v) is 0.746. The normalized spacial score (nSPS) is 13.0. The monoisotopic (exact) mass is 1030 g/mol. The van der Waals surface area contributed by atoms with Crippen LogP contribution < -0.4 is 0 Å². The number of hydrogen-bond acceptors (Lipinski definition) is 0. The molecule has 0 radical (unpaired) electrons. The van der Waals surface area contributed by atoms with E-state index in [9.17, 15) is 65.9 Å². The lowest BCUT2D eigenvalue weighted by atomic mass is 9.92. The van der Waals surface area contributed by atoms with Gasteiger partial charge in [0.15, 0.2) is 5.41 Å². The smallest absolute Gasteiger partial charge is 0.171 e. The molecular formula is C52H113F15. The van der Waals surface area contributed by atoms with Gasteiger partial charge in [0.05, 0.1) is 11.3 Å². The Hall–Kier alpha value is -1.05. The van der Waals surface area contributed by atoms with Gasteiger partial charge in [-0.3, -0.25) is 0 Å². The molecule has 0 aromatic carbocycles. The summed E-state index contributed by atoms with van der Waals surface area (Å²) in [6.45, 7) is 49.3. The van der Waals surface area contributed by atoms with Crippen LogP contribution in [0, 0.1) is 46.3 Å². The maximum atomic E-state index is 11.6. The molecule has 1 atom stereocenters. The van der Waals surface area contributed by atoms with Gasteiger partial charge in [-0.15, -0.1) is 0 Å². The molecule has 67 heavy (non-hydrogen) atoms. The summed E-state index contributed by atoms with van der Waals surface area (Å²) in [7, 11) is 0. The molecule has 0 aliphatic heterocycles. The molecule has 0 aliphatic rings. The molecule has 1 unspecified atom stereocenters. The van der Waals surface area contributed by atoms with Gasteiger partial charge in [-0.1, -0.05) is 245 Å². The molecule has 0 aromatic rings. The van der Waals surface area contributed by atoms with Crippen LogP contribution in [0.25, 0.3) is 0 Å². The summed E-state index contributed by atoms with van der Waals surface area (Å²) in [5.41, 5.74) is -5.19.